The topological polar surface area (TPSA) is 82.5 Å². The number of anilines is 1. The van der Waals surface area contributed by atoms with Crippen LogP contribution in [0.2, 0.25) is 0 Å². The van der Waals surface area contributed by atoms with Gasteiger partial charge in [-0.15, -0.1) is 5.10 Å². The van der Waals surface area contributed by atoms with Crippen LogP contribution in [0.25, 0.3) is 33.1 Å². The van der Waals surface area contributed by atoms with Crippen LogP contribution in [0.3, 0.4) is 0 Å². The predicted molar refractivity (Wildman–Crippen MR) is 111 cm³/mol. The zero-order valence-electron chi connectivity index (χ0n) is 15.3. The number of benzene rings is 2. The van der Waals surface area contributed by atoms with Crippen molar-refractivity contribution in [3.05, 3.63) is 78.6 Å². The molecule has 3 aromatic heterocycles. The second-order valence-electron chi connectivity index (χ2n) is 6.81. The molecule has 136 valence electrons. The van der Waals surface area contributed by atoms with Crippen LogP contribution < -0.4 is 5.73 Å². The Morgan fingerprint density at radius 1 is 0.893 bits per heavy atom. The van der Waals surface area contributed by atoms with E-state index in [0.717, 1.165) is 33.1 Å². The number of hydrogen-bond acceptors (Lipinski definition) is 5. The molecule has 0 amide bonds. The first-order chi connectivity index (χ1) is 13.7. The molecule has 3 heterocycles. The quantitative estimate of drug-likeness (QED) is 0.516. The first kappa shape index (κ1) is 16.4. The maximum absolute atomic E-state index is 5.86. The van der Waals surface area contributed by atoms with Gasteiger partial charge in [0.2, 0.25) is 0 Å². The van der Waals surface area contributed by atoms with E-state index in [1.165, 1.54) is 5.56 Å². The van der Waals surface area contributed by atoms with Gasteiger partial charge in [-0.1, -0.05) is 41.6 Å². The van der Waals surface area contributed by atoms with Gasteiger partial charge >= 0.3 is 0 Å². The van der Waals surface area contributed by atoms with Gasteiger partial charge in [0.25, 0.3) is 0 Å². The predicted octanol–water partition coefficient (Wildman–Crippen LogP) is 4.23. The van der Waals surface area contributed by atoms with Crippen molar-refractivity contribution in [2.45, 2.75) is 13.0 Å². The number of pyridine rings is 2. The molecule has 0 unspecified atom stereocenters. The summed E-state index contributed by atoms with van der Waals surface area (Å²) in [6.45, 7) is 2.13. The molecule has 0 radical (unpaired) electrons. The molecule has 1 atom stereocenters. The third-order valence-corrected chi connectivity index (χ3v) is 5.06. The lowest BCUT2D eigenvalue weighted by Crippen LogP contribution is -2.08. The molecule has 0 aliphatic rings. The van der Waals surface area contributed by atoms with E-state index < -0.39 is 0 Å². The van der Waals surface area contributed by atoms with Crippen molar-refractivity contribution in [2.75, 3.05) is 5.73 Å². The molecule has 0 bridgehead atoms. The van der Waals surface area contributed by atoms with Crippen LogP contribution >= 0.6 is 0 Å². The van der Waals surface area contributed by atoms with Gasteiger partial charge < -0.3 is 5.73 Å². The third-order valence-electron chi connectivity index (χ3n) is 5.06. The largest absolute Gasteiger partial charge is 0.384 e. The van der Waals surface area contributed by atoms with E-state index >= 15 is 0 Å². The van der Waals surface area contributed by atoms with Gasteiger partial charge in [-0.2, -0.15) is 0 Å². The van der Waals surface area contributed by atoms with Gasteiger partial charge in [-0.3, -0.25) is 4.98 Å². The molecule has 0 fully saturated rings. The molecular formula is C22H18N6. The summed E-state index contributed by atoms with van der Waals surface area (Å²) in [5, 5.41) is 9.80. The van der Waals surface area contributed by atoms with E-state index in [9.17, 15) is 0 Å². The number of rotatable bonds is 3. The lowest BCUT2D eigenvalue weighted by Gasteiger charge is -2.14. The van der Waals surface area contributed by atoms with Crippen LogP contribution in [0.4, 0.5) is 5.82 Å². The van der Waals surface area contributed by atoms with Gasteiger partial charge in [-0.05, 0) is 47.9 Å². The Labute approximate surface area is 161 Å². The van der Waals surface area contributed by atoms with Crippen molar-refractivity contribution in [1.82, 2.24) is 25.0 Å². The smallest absolute Gasteiger partial charge is 0.132 e. The van der Waals surface area contributed by atoms with Crippen LogP contribution in [0.1, 0.15) is 18.5 Å². The van der Waals surface area contributed by atoms with Crippen LogP contribution in [-0.2, 0) is 0 Å². The Morgan fingerprint density at radius 2 is 1.71 bits per heavy atom. The Kier molecular flexibility index (Phi) is 3.76. The number of aromatic nitrogens is 5. The molecule has 0 aliphatic carbocycles. The molecule has 0 saturated heterocycles. The molecule has 6 heteroatoms. The molecule has 2 aromatic carbocycles. The molecule has 5 rings (SSSR count). The molecule has 0 aliphatic heterocycles. The van der Waals surface area contributed by atoms with Crippen molar-refractivity contribution in [2.24, 2.45) is 0 Å². The maximum atomic E-state index is 5.86. The van der Waals surface area contributed by atoms with Gasteiger partial charge in [0.1, 0.15) is 16.9 Å². The third kappa shape index (κ3) is 2.66. The number of nitrogen functional groups attached to an aromatic ring is 1. The molecule has 2 N–H and O–H groups in total. The highest BCUT2D eigenvalue weighted by molar-refractivity contribution is 6.03. The van der Waals surface area contributed by atoms with Crippen molar-refractivity contribution < 1.29 is 0 Å². The van der Waals surface area contributed by atoms with Crippen molar-refractivity contribution in [1.29, 1.82) is 0 Å². The Balaban J connectivity index is 1.74. The summed E-state index contributed by atoms with van der Waals surface area (Å²) in [7, 11) is 0. The Hall–Kier alpha value is -3.80. The highest BCUT2D eigenvalue weighted by Crippen LogP contribution is 2.30. The summed E-state index contributed by atoms with van der Waals surface area (Å²) in [5.74, 6) is 0.498. The minimum atomic E-state index is 0.0528. The molecule has 6 nitrogen and oxygen atoms in total. The minimum absolute atomic E-state index is 0.0528. The summed E-state index contributed by atoms with van der Waals surface area (Å²) < 4.78 is 1.97. The summed E-state index contributed by atoms with van der Waals surface area (Å²) in [5.41, 5.74) is 11.8. The number of fused-ring (bicyclic) bond motifs is 3. The molecule has 5 aromatic rings. The van der Waals surface area contributed by atoms with E-state index in [2.05, 4.69) is 45.4 Å². The van der Waals surface area contributed by atoms with E-state index in [0.29, 0.717) is 5.82 Å². The number of hydrogen-bond donors (Lipinski definition) is 1. The molecule has 0 spiro atoms. The van der Waals surface area contributed by atoms with Crippen molar-refractivity contribution >= 4 is 27.8 Å². The molecule has 28 heavy (non-hydrogen) atoms. The van der Waals surface area contributed by atoms with E-state index in [1.807, 2.05) is 47.1 Å². The second-order valence-corrected chi connectivity index (χ2v) is 6.81. The minimum Gasteiger partial charge on any atom is -0.384 e. The van der Waals surface area contributed by atoms with Gasteiger partial charge in [0.15, 0.2) is 0 Å². The Morgan fingerprint density at radius 3 is 2.54 bits per heavy atom. The van der Waals surface area contributed by atoms with E-state index in [4.69, 9.17) is 5.73 Å². The monoisotopic (exact) mass is 366 g/mol. The summed E-state index contributed by atoms with van der Waals surface area (Å²) in [6, 6.07) is 20.4. The van der Waals surface area contributed by atoms with Crippen molar-refractivity contribution in [3.8, 4) is 11.1 Å². The highest BCUT2D eigenvalue weighted by Gasteiger charge is 2.16. The lowest BCUT2D eigenvalue weighted by atomic mass is 10.0. The van der Waals surface area contributed by atoms with E-state index in [1.54, 1.807) is 12.4 Å². The lowest BCUT2D eigenvalue weighted by molar-refractivity contribution is 0.561. The normalized spacial score (nSPS) is 12.5. The van der Waals surface area contributed by atoms with Crippen LogP contribution in [0.15, 0.2) is 73.1 Å². The highest BCUT2D eigenvalue weighted by atomic mass is 15.4. The standard InChI is InChI=1S/C22H18N6/c1-14(15-5-3-2-4-6-15)28-22-18-11-16(17-9-10-24-21(23)12-17)7-8-19(18)25-13-20(22)26-27-28/h2-14H,1H3,(H2,23,24)/t14-/m0/s1. The number of nitrogens with two attached hydrogens (primary N) is 1. The SMILES string of the molecule is C[C@@H](c1ccccc1)n1nnc2cnc3ccc(-c4ccnc(N)c4)cc3c21. The summed E-state index contributed by atoms with van der Waals surface area (Å²) >= 11 is 0. The Bertz CT molecular complexity index is 1290. The van der Waals surface area contributed by atoms with E-state index in [-0.39, 0.29) is 6.04 Å². The van der Waals surface area contributed by atoms with Gasteiger partial charge in [0, 0.05) is 11.6 Å². The fourth-order valence-corrected chi connectivity index (χ4v) is 3.57. The molecular weight excluding hydrogens is 348 g/mol. The van der Waals surface area contributed by atoms with Gasteiger partial charge in [0.05, 0.1) is 17.8 Å². The van der Waals surface area contributed by atoms with Crippen LogP contribution in [-0.4, -0.2) is 25.0 Å². The van der Waals surface area contributed by atoms with Crippen molar-refractivity contribution in [3.63, 3.8) is 0 Å². The first-order valence-corrected chi connectivity index (χ1v) is 9.11. The fraction of sp³-hybridized carbons (Fsp3) is 0.0909. The summed E-state index contributed by atoms with van der Waals surface area (Å²) in [6.07, 6.45) is 3.50. The number of nitrogens with zero attached hydrogens (tertiary/aromatic N) is 5. The average Bonchev–Trinajstić information content (AvgIpc) is 3.18. The maximum Gasteiger partial charge on any atom is 0.132 e. The second kappa shape index (κ2) is 6.42. The first-order valence-electron chi connectivity index (χ1n) is 9.11. The zero-order valence-corrected chi connectivity index (χ0v) is 15.3. The van der Waals surface area contributed by atoms with Crippen LogP contribution in [0.5, 0.6) is 0 Å². The average molecular weight is 366 g/mol. The fourth-order valence-electron chi connectivity index (χ4n) is 3.57. The zero-order chi connectivity index (χ0) is 19.1. The summed E-state index contributed by atoms with van der Waals surface area (Å²) in [4.78, 5) is 8.64. The molecule has 0 saturated carbocycles. The van der Waals surface area contributed by atoms with Gasteiger partial charge in [-0.25, -0.2) is 9.67 Å². The van der Waals surface area contributed by atoms with Crippen LogP contribution in [0, 0.1) is 0 Å².